The maximum atomic E-state index is 12.6. The van der Waals surface area contributed by atoms with E-state index in [1.807, 2.05) is 0 Å². The highest BCUT2D eigenvalue weighted by Gasteiger charge is 2.51. The van der Waals surface area contributed by atoms with Crippen LogP contribution in [0.15, 0.2) is 0 Å². The summed E-state index contributed by atoms with van der Waals surface area (Å²) in [4.78, 5) is 37.8. The minimum atomic E-state index is -0.650. The van der Waals surface area contributed by atoms with E-state index in [9.17, 15) is 14.4 Å². The molecule has 1 spiro atoms. The van der Waals surface area contributed by atoms with Crippen LogP contribution in [0.4, 0.5) is 4.79 Å². The van der Waals surface area contributed by atoms with Crippen molar-refractivity contribution in [3.05, 3.63) is 0 Å². The van der Waals surface area contributed by atoms with Crippen molar-refractivity contribution in [3.63, 3.8) is 0 Å². The molecule has 1 heterocycles. The van der Waals surface area contributed by atoms with Gasteiger partial charge in [0, 0.05) is 18.9 Å². The SMILES string of the molecule is CC1CCC2(CC1)NC(=O)N(CCC1CCCC1=O)C2=O. The minimum absolute atomic E-state index is 0.0496. The Morgan fingerprint density at radius 3 is 2.52 bits per heavy atom. The zero-order valence-electron chi connectivity index (χ0n) is 12.7. The molecule has 1 aliphatic heterocycles. The Bertz CT molecular complexity index is 466. The molecule has 1 atom stereocenters. The van der Waals surface area contributed by atoms with Gasteiger partial charge in [-0.1, -0.05) is 6.92 Å². The molecule has 0 bridgehead atoms. The highest BCUT2D eigenvalue weighted by Crippen LogP contribution is 2.36. The number of nitrogens with zero attached hydrogens (tertiary/aromatic N) is 1. The zero-order chi connectivity index (χ0) is 15.0. The first-order chi connectivity index (χ1) is 10.0. The van der Waals surface area contributed by atoms with E-state index in [0.29, 0.717) is 31.1 Å². The summed E-state index contributed by atoms with van der Waals surface area (Å²) in [7, 11) is 0. The van der Waals surface area contributed by atoms with Crippen molar-refractivity contribution in [2.24, 2.45) is 11.8 Å². The first-order valence-electron chi connectivity index (χ1n) is 8.19. The van der Waals surface area contributed by atoms with Gasteiger partial charge < -0.3 is 5.32 Å². The smallest absolute Gasteiger partial charge is 0.323 e. The normalized spacial score (nSPS) is 36.6. The third-order valence-electron chi connectivity index (χ3n) is 5.51. The number of hydrogen-bond donors (Lipinski definition) is 1. The van der Waals surface area contributed by atoms with Gasteiger partial charge in [-0.15, -0.1) is 0 Å². The Morgan fingerprint density at radius 2 is 1.90 bits per heavy atom. The Kier molecular flexibility index (Phi) is 3.76. The molecule has 21 heavy (non-hydrogen) atoms. The van der Waals surface area contributed by atoms with Gasteiger partial charge in [-0.2, -0.15) is 0 Å². The number of Topliss-reactive ketones (excluding diaryl/α,β-unsaturated/α-hetero) is 1. The monoisotopic (exact) mass is 292 g/mol. The standard InChI is InChI=1S/C16H24N2O3/c1-11-5-8-16(9-6-11)14(20)18(15(21)17-16)10-7-12-3-2-4-13(12)19/h11-12H,2-10H2,1H3,(H,17,21). The highest BCUT2D eigenvalue weighted by molar-refractivity contribution is 6.07. The van der Waals surface area contributed by atoms with Crippen LogP contribution >= 0.6 is 0 Å². The molecule has 1 saturated heterocycles. The molecular weight excluding hydrogens is 268 g/mol. The minimum Gasteiger partial charge on any atom is -0.323 e. The fourth-order valence-electron chi connectivity index (χ4n) is 3.95. The maximum Gasteiger partial charge on any atom is 0.325 e. The average Bonchev–Trinajstić information content (AvgIpc) is 2.96. The van der Waals surface area contributed by atoms with Crippen LogP contribution in [-0.2, 0) is 9.59 Å². The molecule has 3 aliphatic rings. The van der Waals surface area contributed by atoms with E-state index in [4.69, 9.17) is 0 Å². The second-order valence-electron chi connectivity index (χ2n) is 7.00. The van der Waals surface area contributed by atoms with E-state index in [1.54, 1.807) is 0 Å². The van der Waals surface area contributed by atoms with Crippen molar-refractivity contribution in [2.75, 3.05) is 6.54 Å². The van der Waals surface area contributed by atoms with E-state index in [2.05, 4.69) is 12.2 Å². The molecule has 3 amide bonds. The number of ketones is 1. The third-order valence-corrected chi connectivity index (χ3v) is 5.51. The van der Waals surface area contributed by atoms with Gasteiger partial charge in [0.05, 0.1) is 0 Å². The van der Waals surface area contributed by atoms with Crippen LogP contribution in [-0.4, -0.2) is 34.7 Å². The predicted molar refractivity (Wildman–Crippen MR) is 77.6 cm³/mol. The van der Waals surface area contributed by atoms with Crippen molar-refractivity contribution in [3.8, 4) is 0 Å². The summed E-state index contributed by atoms with van der Waals surface area (Å²) in [5.74, 6) is 0.909. The predicted octanol–water partition coefficient (Wildman–Crippen LogP) is 2.25. The van der Waals surface area contributed by atoms with Gasteiger partial charge in [-0.3, -0.25) is 14.5 Å². The fraction of sp³-hybridized carbons (Fsp3) is 0.812. The summed E-state index contributed by atoms with van der Waals surface area (Å²) in [6, 6.07) is -0.264. The quantitative estimate of drug-likeness (QED) is 0.811. The van der Waals surface area contributed by atoms with Gasteiger partial charge in [0.1, 0.15) is 11.3 Å². The Labute approximate surface area is 125 Å². The van der Waals surface area contributed by atoms with Crippen LogP contribution in [0.1, 0.15) is 58.3 Å². The fourth-order valence-corrected chi connectivity index (χ4v) is 3.95. The Hall–Kier alpha value is -1.39. The summed E-state index contributed by atoms with van der Waals surface area (Å²) in [5, 5.41) is 2.93. The summed E-state index contributed by atoms with van der Waals surface area (Å²) in [5.41, 5.74) is -0.650. The Morgan fingerprint density at radius 1 is 1.19 bits per heavy atom. The molecule has 2 aliphatic carbocycles. The lowest BCUT2D eigenvalue weighted by Gasteiger charge is -2.33. The number of carbonyl (C=O) groups excluding carboxylic acids is 3. The highest BCUT2D eigenvalue weighted by atomic mass is 16.2. The summed E-state index contributed by atoms with van der Waals surface area (Å²) < 4.78 is 0. The summed E-state index contributed by atoms with van der Waals surface area (Å²) in [6.45, 7) is 2.58. The van der Waals surface area contributed by atoms with Gasteiger partial charge >= 0.3 is 6.03 Å². The second kappa shape index (κ2) is 5.43. The van der Waals surface area contributed by atoms with Gasteiger partial charge in [0.25, 0.3) is 5.91 Å². The van der Waals surface area contributed by atoms with Crippen LogP contribution < -0.4 is 5.32 Å². The first-order valence-corrected chi connectivity index (χ1v) is 8.19. The lowest BCUT2D eigenvalue weighted by atomic mass is 9.77. The van der Waals surface area contributed by atoms with Crippen LogP contribution in [0.3, 0.4) is 0 Å². The lowest BCUT2D eigenvalue weighted by Crippen LogP contribution is -2.49. The largest absolute Gasteiger partial charge is 0.325 e. The van der Waals surface area contributed by atoms with Gasteiger partial charge in [0.2, 0.25) is 0 Å². The molecule has 5 nitrogen and oxygen atoms in total. The van der Waals surface area contributed by atoms with E-state index >= 15 is 0 Å². The summed E-state index contributed by atoms with van der Waals surface area (Å²) >= 11 is 0. The van der Waals surface area contributed by atoms with Crippen LogP contribution in [0.25, 0.3) is 0 Å². The molecule has 0 radical (unpaired) electrons. The molecule has 2 saturated carbocycles. The van der Waals surface area contributed by atoms with Crippen molar-refractivity contribution >= 4 is 17.7 Å². The number of urea groups is 1. The van der Waals surface area contributed by atoms with Crippen molar-refractivity contribution in [1.29, 1.82) is 0 Å². The molecule has 1 unspecified atom stereocenters. The number of carbonyl (C=O) groups is 3. The molecule has 116 valence electrons. The number of rotatable bonds is 3. The van der Waals surface area contributed by atoms with E-state index in [-0.39, 0.29) is 17.9 Å². The molecule has 3 fully saturated rings. The summed E-state index contributed by atoms with van der Waals surface area (Å²) in [6.07, 6.45) is 6.62. The first kappa shape index (κ1) is 14.5. The number of nitrogens with one attached hydrogen (secondary N) is 1. The van der Waals surface area contributed by atoms with Crippen molar-refractivity contribution in [1.82, 2.24) is 10.2 Å². The van der Waals surface area contributed by atoms with E-state index < -0.39 is 5.54 Å². The van der Waals surface area contributed by atoms with Crippen LogP contribution in [0, 0.1) is 11.8 Å². The number of hydrogen-bond acceptors (Lipinski definition) is 3. The molecule has 1 N–H and O–H groups in total. The number of imide groups is 1. The van der Waals surface area contributed by atoms with E-state index in [0.717, 1.165) is 38.5 Å². The van der Waals surface area contributed by atoms with Crippen molar-refractivity contribution in [2.45, 2.75) is 63.8 Å². The van der Waals surface area contributed by atoms with Gasteiger partial charge in [-0.05, 0) is 50.9 Å². The topological polar surface area (TPSA) is 66.5 Å². The second-order valence-corrected chi connectivity index (χ2v) is 7.00. The molecule has 0 aromatic rings. The van der Waals surface area contributed by atoms with Gasteiger partial charge in [0.15, 0.2) is 0 Å². The average molecular weight is 292 g/mol. The van der Waals surface area contributed by atoms with Gasteiger partial charge in [-0.25, -0.2) is 4.79 Å². The molecular formula is C16H24N2O3. The lowest BCUT2D eigenvalue weighted by molar-refractivity contribution is -0.133. The maximum absolute atomic E-state index is 12.6. The van der Waals surface area contributed by atoms with E-state index in [1.165, 1.54) is 4.90 Å². The third kappa shape index (κ3) is 2.58. The molecule has 5 heteroatoms. The van der Waals surface area contributed by atoms with Crippen LogP contribution in [0.5, 0.6) is 0 Å². The zero-order valence-corrected chi connectivity index (χ0v) is 12.7. The number of amides is 3. The molecule has 0 aromatic carbocycles. The van der Waals surface area contributed by atoms with Crippen molar-refractivity contribution < 1.29 is 14.4 Å². The Balaban J connectivity index is 1.62. The van der Waals surface area contributed by atoms with Crippen LogP contribution in [0.2, 0.25) is 0 Å². The molecule has 3 rings (SSSR count). The molecule has 0 aromatic heterocycles.